The number of rotatable bonds is 3. The number of hydrogen-bond acceptors (Lipinski definition) is 2. The van der Waals surface area contributed by atoms with Gasteiger partial charge in [-0.05, 0) is 37.0 Å². The molecular weight excluding hydrogens is 430 g/mol. The molecule has 1 aromatic carbocycles. The Morgan fingerprint density at radius 1 is 1.15 bits per heavy atom. The standard InChI is InChI=1S/C15H19ClF3N5O.2ClH/c16-11-8-10(4-5-12(11)25-15(17,18)19)9-22-13(20)23-14(21)24-6-2-1-3-7-24;;/h4-5,8H,1-3,6-7,9H2,(H4,20,21,22,23);2*1H. The van der Waals surface area contributed by atoms with E-state index in [4.69, 9.17) is 23.1 Å². The number of ether oxygens (including phenoxy) is 1. The lowest BCUT2D eigenvalue weighted by Gasteiger charge is -2.27. The Morgan fingerprint density at radius 2 is 1.78 bits per heavy atom. The number of aliphatic imine (C=N–C) groups is 2. The van der Waals surface area contributed by atoms with E-state index in [0.717, 1.165) is 32.0 Å². The first-order valence-electron chi connectivity index (χ1n) is 7.68. The molecule has 0 bridgehead atoms. The van der Waals surface area contributed by atoms with E-state index in [-0.39, 0.29) is 42.3 Å². The first kappa shape index (κ1) is 25.4. The summed E-state index contributed by atoms with van der Waals surface area (Å²) in [6.45, 7) is 1.77. The highest BCUT2D eigenvalue weighted by atomic mass is 35.5. The maximum atomic E-state index is 12.2. The molecule has 12 heteroatoms. The third-order valence-corrected chi connectivity index (χ3v) is 3.85. The number of hydrogen-bond donors (Lipinski definition) is 2. The summed E-state index contributed by atoms with van der Waals surface area (Å²) in [5.41, 5.74) is 12.2. The van der Waals surface area contributed by atoms with Crippen LogP contribution in [0.2, 0.25) is 5.02 Å². The summed E-state index contributed by atoms with van der Waals surface area (Å²) >= 11 is 5.78. The minimum atomic E-state index is -4.80. The smallest absolute Gasteiger partial charge is 0.404 e. The van der Waals surface area contributed by atoms with Gasteiger partial charge in [-0.2, -0.15) is 4.99 Å². The van der Waals surface area contributed by atoms with Gasteiger partial charge in [0.25, 0.3) is 0 Å². The van der Waals surface area contributed by atoms with Crippen molar-refractivity contribution in [3.05, 3.63) is 28.8 Å². The molecule has 1 heterocycles. The van der Waals surface area contributed by atoms with Crippen LogP contribution < -0.4 is 16.2 Å². The molecule has 1 saturated heterocycles. The molecule has 6 nitrogen and oxygen atoms in total. The minimum Gasteiger partial charge on any atom is -0.404 e. The molecule has 1 aliphatic heterocycles. The summed E-state index contributed by atoms with van der Waals surface area (Å²) in [6.07, 6.45) is -1.52. The van der Waals surface area contributed by atoms with Gasteiger partial charge in [0.15, 0.2) is 5.96 Å². The van der Waals surface area contributed by atoms with Crippen LogP contribution in [0.15, 0.2) is 28.2 Å². The molecule has 0 unspecified atom stereocenters. The van der Waals surface area contributed by atoms with Gasteiger partial charge in [-0.3, -0.25) is 0 Å². The normalized spacial score (nSPS) is 15.6. The number of benzene rings is 1. The van der Waals surface area contributed by atoms with Gasteiger partial charge in [-0.15, -0.1) is 38.0 Å². The zero-order chi connectivity index (χ0) is 18.4. The number of halogens is 6. The van der Waals surface area contributed by atoms with Crippen LogP contribution in [0.25, 0.3) is 0 Å². The molecule has 2 rings (SSSR count). The van der Waals surface area contributed by atoms with Crippen molar-refractivity contribution >= 4 is 48.3 Å². The summed E-state index contributed by atoms with van der Waals surface area (Å²) in [5, 5.41) is -0.167. The predicted octanol–water partition coefficient (Wildman–Crippen LogP) is 3.70. The first-order valence-corrected chi connectivity index (χ1v) is 8.05. The van der Waals surface area contributed by atoms with Crippen LogP contribution in [0.5, 0.6) is 5.75 Å². The van der Waals surface area contributed by atoms with E-state index in [1.165, 1.54) is 18.6 Å². The molecule has 1 aromatic rings. The number of likely N-dealkylation sites (tertiary alicyclic amines) is 1. The van der Waals surface area contributed by atoms with E-state index < -0.39 is 12.1 Å². The lowest BCUT2D eigenvalue weighted by Crippen LogP contribution is -2.41. The van der Waals surface area contributed by atoms with E-state index in [1.54, 1.807) is 0 Å². The van der Waals surface area contributed by atoms with Crippen molar-refractivity contribution in [3.63, 3.8) is 0 Å². The Bertz CT molecular complexity index is 665. The molecule has 0 aliphatic carbocycles. The SMILES string of the molecule is Cl.Cl.NC(=NCc1ccc(OC(F)(F)F)c(Cl)c1)/N=C(/N)N1CCCCC1. The second-order valence-electron chi connectivity index (χ2n) is 5.50. The van der Waals surface area contributed by atoms with Gasteiger partial charge in [0, 0.05) is 13.1 Å². The van der Waals surface area contributed by atoms with E-state index in [1.807, 2.05) is 4.90 Å². The highest BCUT2D eigenvalue weighted by molar-refractivity contribution is 6.32. The number of nitrogens with two attached hydrogens (primary N) is 2. The van der Waals surface area contributed by atoms with Crippen molar-refractivity contribution in [2.45, 2.75) is 32.2 Å². The fourth-order valence-electron chi connectivity index (χ4n) is 2.37. The molecule has 0 spiro atoms. The van der Waals surface area contributed by atoms with Crippen LogP contribution in [0, 0.1) is 0 Å². The average Bonchev–Trinajstić information content (AvgIpc) is 2.55. The summed E-state index contributed by atoms with van der Waals surface area (Å²) < 4.78 is 40.4. The lowest BCUT2D eigenvalue weighted by molar-refractivity contribution is -0.274. The number of alkyl halides is 3. The zero-order valence-electron chi connectivity index (χ0n) is 14.2. The van der Waals surface area contributed by atoms with Crippen LogP contribution in [0.3, 0.4) is 0 Å². The molecule has 0 aromatic heterocycles. The van der Waals surface area contributed by atoms with Crippen molar-refractivity contribution in [1.29, 1.82) is 0 Å². The largest absolute Gasteiger partial charge is 0.573 e. The fourth-order valence-corrected chi connectivity index (χ4v) is 2.61. The fraction of sp³-hybridized carbons (Fsp3) is 0.467. The predicted molar refractivity (Wildman–Crippen MR) is 105 cm³/mol. The van der Waals surface area contributed by atoms with E-state index in [2.05, 4.69) is 14.7 Å². The summed E-state index contributed by atoms with van der Waals surface area (Å²) in [5.74, 6) is -0.162. The van der Waals surface area contributed by atoms with Crippen LogP contribution in [-0.4, -0.2) is 36.3 Å². The highest BCUT2D eigenvalue weighted by Gasteiger charge is 2.32. The van der Waals surface area contributed by atoms with Crippen molar-refractivity contribution in [1.82, 2.24) is 4.90 Å². The van der Waals surface area contributed by atoms with Gasteiger partial charge in [0.05, 0.1) is 11.6 Å². The van der Waals surface area contributed by atoms with E-state index in [9.17, 15) is 13.2 Å². The Balaban J connectivity index is 0.00000338. The Hall–Kier alpha value is -1.58. The zero-order valence-corrected chi connectivity index (χ0v) is 16.6. The number of piperidine rings is 1. The molecule has 0 amide bonds. The number of guanidine groups is 2. The van der Waals surface area contributed by atoms with Gasteiger partial charge in [0.1, 0.15) is 5.75 Å². The first-order chi connectivity index (χ1) is 11.7. The van der Waals surface area contributed by atoms with Crippen LogP contribution in [0.4, 0.5) is 13.2 Å². The van der Waals surface area contributed by atoms with Crippen molar-refractivity contribution < 1.29 is 17.9 Å². The van der Waals surface area contributed by atoms with E-state index in [0.29, 0.717) is 11.5 Å². The molecule has 4 N–H and O–H groups in total. The molecule has 154 valence electrons. The van der Waals surface area contributed by atoms with Crippen molar-refractivity contribution in [3.8, 4) is 5.75 Å². The van der Waals surface area contributed by atoms with Crippen LogP contribution >= 0.6 is 36.4 Å². The average molecular weight is 451 g/mol. The summed E-state index contributed by atoms with van der Waals surface area (Å²) in [6, 6.07) is 3.88. The topological polar surface area (TPSA) is 89.2 Å². The third kappa shape index (κ3) is 8.77. The molecule has 27 heavy (non-hydrogen) atoms. The van der Waals surface area contributed by atoms with Gasteiger partial charge in [-0.1, -0.05) is 17.7 Å². The summed E-state index contributed by atoms with van der Waals surface area (Å²) in [7, 11) is 0. The summed E-state index contributed by atoms with van der Waals surface area (Å²) in [4.78, 5) is 10.0. The van der Waals surface area contributed by atoms with Crippen molar-refractivity contribution in [2.75, 3.05) is 13.1 Å². The van der Waals surface area contributed by atoms with Gasteiger partial charge >= 0.3 is 6.36 Å². The third-order valence-electron chi connectivity index (χ3n) is 3.55. The van der Waals surface area contributed by atoms with Gasteiger partial charge in [0.2, 0.25) is 5.96 Å². The molecule has 0 atom stereocenters. The maximum Gasteiger partial charge on any atom is 0.573 e. The minimum absolute atomic E-state index is 0. The Kier molecular flexibility index (Phi) is 10.6. The van der Waals surface area contributed by atoms with Crippen LogP contribution in [0.1, 0.15) is 24.8 Å². The number of nitrogens with zero attached hydrogens (tertiary/aromatic N) is 3. The van der Waals surface area contributed by atoms with Crippen molar-refractivity contribution in [2.24, 2.45) is 21.5 Å². The molecular formula is C15H21Cl3F3N5O. The quantitative estimate of drug-likeness (QED) is 0.543. The molecule has 1 fully saturated rings. The lowest BCUT2D eigenvalue weighted by atomic mass is 10.1. The van der Waals surface area contributed by atoms with Crippen LogP contribution in [-0.2, 0) is 6.54 Å². The van der Waals surface area contributed by atoms with Gasteiger partial charge < -0.3 is 21.1 Å². The van der Waals surface area contributed by atoms with Gasteiger partial charge in [-0.25, -0.2) is 4.99 Å². The Labute approximate surface area is 172 Å². The highest BCUT2D eigenvalue weighted by Crippen LogP contribution is 2.30. The molecule has 1 aliphatic rings. The second-order valence-corrected chi connectivity index (χ2v) is 5.91. The second kappa shape index (κ2) is 11.3. The maximum absolute atomic E-state index is 12.2. The monoisotopic (exact) mass is 449 g/mol. The van der Waals surface area contributed by atoms with E-state index >= 15 is 0 Å². The molecule has 0 radical (unpaired) electrons. The Morgan fingerprint density at radius 3 is 2.33 bits per heavy atom. The molecule has 0 saturated carbocycles.